The third kappa shape index (κ3) is 2.54. The number of aliphatic imine (C=N–C) groups is 1. The van der Waals surface area contributed by atoms with Crippen LogP contribution >= 0.6 is 11.8 Å². The Kier molecular flexibility index (Phi) is 3.57. The van der Waals surface area contributed by atoms with E-state index in [0.717, 1.165) is 23.9 Å². The highest BCUT2D eigenvalue weighted by Gasteiger charge is 2.27. The minimum Gasteiger partial charge on any atom is -0.376 e. The number of thioether (sulfide) groups is 1. The number of benzene rings is 1. The van der Waals surface area contributed by atoms with Gasteiger partial charge in [0.25, 0.3) is 0 Å². The van der Waals surface area contributed by atoms with Crippen LogP contribution in [0.1, 0.15) is 24.9 Å². The summed E-state index contributed by atoms with van der Waals surface area (Å²) in [5.74, 6) is 1.04. The molecule has 3 nitrogen and oxygen atoms in total. The van der Waals surface area contributed by atoms with Crippen LogP contribution in [0.4, 0.5) is 0 Å². The highest BCUT2D eigenvalue weighted by atomic mass is 32.2. The molecular formula is C14H18N2OS. The van der Waals surface area contributed by atoms with E-state index in [9.17, 15) is 0 Å². The van der Waals surface area contributed by atoms with Gasteiger partial charge in [0.1, 0.15) is 0 Å². The molecule has 0 aromatic heterocycles. The molecule has 96 valence electrons. The second kappa shape index (κ2) is 5.33. The van der Waals surface area contributed by atoms with Gasteiger partial charge in [-0.3, -0.25) is 4.99 Å². The maximum atomic E-state index is 5.56. The SMILES string of the molecule is CC1OCCC1NC1=NC(c2ccccc2)CS1. The molecule has 4 heteroatoms. The number of nitrogens with one attached hydrogen (secondary N) is 1. The Bertz CT molecular complexity index is 435. The Morgan fingerprint density at radius 1 is 1.33 bits per heavy atom. The maximum absolute atomic E-state index is 5.56. The van der Waals surface area contributed by atoms with Gasteiger partial charge in [-0.15, -0.1) is 0 Å². The average molecular weight is 262 g/mol. The van der Waals surface area contributed by atoms with E-state index in [2.05, 4.69) is 36.5 Å². The third-order valence-electron chi connectivity index (χ3n) is 3.52. The summed E-state index contributed by atoms with van der Waals surface area (Å²) in [5.41, 5.74) is 1.30. The van der Waals surface area contributed by atoms with Crippen LogP contribution in [0.5, 0.6) is 0 Å². The maximum Gasteiger partial charge on any atom is 0.157 e. The second-order valence-corrected chi connectivity index (χ2v) is 5.80. The predicted octanol–water partition coefficient (Wildman–Crippen LogP) is 2.60. The standard InChI is InChI=1S/C14H18N2OS/c1-10-12(7-8-17-10)15-14-16-13(9-18-14)11-5-3-2-4-6-11/h2-6,10,12-13H,7-9H2,1H3,(H,15,16). The van der Waals surface area contributed by atoms with Gasteiger partial charge in [-0.1, -0.05) is 42.1 Å². The molecule has 1 saturated heterocycles. The van der Waals surface area contributed by atoms with Crippen molar-refractivity contribution in [2.75, 3.05) is 12.4 Å². The number of nitrogens with zero attached hydrogens (tertiary/aromatic N) is 1. The number of amidine groups is 1. The number of hydrogen-bond donors (Lipinski definition) is 1. The average Bonchev–Trinajstić information content (AvgIpc) is 3.02. The van der Waals surface area contributed by atoms with Crippen LogP contribution in [0.15, 0.2) is 35.3 Å². The van der Waals surface area contributed by atoms with Gasteiger partial charge in [-0.25, -0.2) is 0 Å². The van der Waals surface area contributed by atoms with Gasteiger partial charge in [0.05, 0.1) is 18.2 Å². The Morgan fingerprint density at radius 3 is 2.89 bits per heavy atom. The molecule has 0 amide bonds. The first-order chi connectivity index (χ1) is 8.83. The van der Waals surface area contributed by atoms with Crippen LogP contribution in [0.2, 0.25) is 0 Å². The largest absolute Gasteiger partial charge is 0.376 e. The molecule has 0 bridgehead atoms. The number of hydrogen-bond acceptors (Lipinski definition) is 4. The zero-order valence-electron chi connectivity index (χ0n) is 10.5. The van der Waals surface area contributed by atoms with Crippen molar-refractivity contribution >= 4 is 16.9 Å². The number of rotatable bonds is 2. The van der Waals surface area contributed by atoms with Gasteiger partial charge in [0.2, 0.25) is 0 Å². The summed E-state index contributed by atoms with van der Waals surface area (Å²) in [6, 6.07) is 11.2. The van der Waals surface area contributed by atoms with Gasteiger partial charge < -0.3 is 10.1 Å². The highest BCUT2D eigenvalue weighted by Crippen LogP contribution is 2.30. The van der Waals surface area contributed by atoms with Gasteiger partial charge in [-0.05, 0) is 18.9 Å². The molecule has 1 aromatic carbocycles. The van der Waals surface area contributed by atoms with Crippen molar-refractivity contribution in [1.82, 2.24) is 5.32 Å². The quantitative estimate of drug-likeness (QED) is 0.889. The molecule has 0 aliphatic carbocycles. The fourth-order valence-corrected chi connectivity index (χ4v) is 3.40. The Balaban J connectivity index is 1.65. The molecule has 3 atom stereocenters. The molecule has 2 heterocycles. The van der Waals surface area contributed by atoms with E-state index in [0.29, 0.717) is 18.2 Å². The molecule has 2 aliphatic heterocycles. The van der Waals surface area contributed by atoms with Crippen molar-refractivity contribution in [1.29, 1.82) is 0 Å². The van der Waals surface area contributed by atoms with E-state index >= 15 is 0 Å². The summed E-state index contributed by atoms with van der Waals surface area (Å²) in [5, 5.41) is 4.59. The Morgan fingerprint density at radius 2 is 2.17 bits per heavy atom. The van der Waals surface area contributed by atoms with E-state index in [1.165, 1.54) is 5.56 Å². The van der Waals surface area contributed by atoms with E-state index in [-0.39, 0.29) is 0 Å². The topological polar surface area (TPSA) is 33.6 Å². The van der Waals surface area contributed by atoms with Crippen molar-refractivity contribution in [3.63, 3.8) is 0 Å². The van der Waals surface area contributed by atoms with Crippen LogP contribution in [0.25, 0.3) is 0 Å². The normalized spacial score (nSPS) is 31.4. The van der Waals surface area contributed by atoms with Crippen molar-refractivity contribution < 1.29 is 4.74 Å². The third-order valence-corrected chi connectivity index (χ3v) is 4.50. The molecular weight excluding hydrogens is 244 g/mol. The molecule has 1 fully saturated rings. The summed E-state index contributed by atoms with van der Waals surface area (Å²) in [6.45, 7) is 2.98. The lowest BCUT2D eigenvalue weighted by atomic mass is 10.1. The first kappa shape index (κ1) is 12.1. The van der Waals surface area contributed by atoms with Crippen LogP contribution in [-0.4, -0.2) is 29.7 Å². The minimum absolute atomic E-state index is 0.295. The van der Waals surface area contributed by atoms with Gasteiger partial charge in [0, 0.05) is 12.4 Å². The lowest BCUT2D eigenvalue weighted by molar-refractivity contribution is 0.116. The van der Waals surface area contributed by atoms with Gasteiger partial charge >= 0.3 is 0 Å². The molecule has 0 spiro atoms. The number of ether oxygens (including phenoxy) is 1. The molecule has 3 unspecified atom stereocenters. The van der Waals surface area contributed by atoms with Crippen molar-refractivity contribution in [2.45, 2.75) is 31.5 Å². The monoisotopic (exact) mass is 262 g/mol. The minimum atomic E-state index is 0.295. The van der Waals surface area contributed by atoms with E-state index in [1.54, 1.807) is 0 Å². The predicted molar refractivity (Wildman–Crippen MR) is 76.0 cm³/mol. The lowest BCUT2D eigenvalue weighted by Crippen LogP contribution is -2.37. The molecule has 2 aliphatic rings. The molecule has 3 rings (SSSR count). The molecule has 1 N–H and O–H groups in total. The summed E-state index contributed by atoms with van der Waals surface area (Å²) in [6.07, 6.45) is 1.38. The van der Waals surface area contributed by atoms with Crippen LogP contribution < -0.4 is 5.32 Å². The Hall–Kier alpha value is -1.00. The van der Waals surface area contributed by atoms with Crippen LogP contribution in [-0.2, 0) is 4.74 Å². The van der Waals surface area contributed by atoms with Crippen molar-refractivity contribution in [2.24, 2.45) is 4.99 Å². The highest BCUT2D eigenvalue weighted by molar-refractivity contribution is 8.14. The van der Waals surface area contributed by atoms with Crippen LogP contribution in [0, 0.1) is 0 Å². The summed E-state index contributed by atoms with van der Waals surface area (Å²) < 4.78 is 5.56. The summed E-state index contributed by atoms with van der Waals surface area (Å²) in [4.78, 5) is 4.77. The fraction of sp³-hybridized carbons (Fsp3) is 0.500. The first-order valence-corrected chi connectivity index (χ1v) is 7.45. The van der Waals surface area contributed by atoms with Crippen molar-refractivity contribution in [3.05, 3.63) is 35.9 Å². The first-order valence-electron chi connectivity index (χ1n) is 6.46. The zero-order chi connectivity index (χ0) is 12.4. The Labute approximate surface area is 112 Å². The second-order valence-electron chi connectivity index (χ2n) is 4.79. The molecule has 18 heavy (non-hydrogen) atoms. The van der Waals surface area contributed by atoms with E-state index < -0.39 is 0 Å². The smallest absolute Gasteiger partial charge is 0.157 e. The van der Waals surface area contributed by atoms with Gasteiger partial charge in [0.15, 0.2) is 5.17 Å². The van der Waals surface area contributed by atoms with Crippen molar-refractivity contribution in [3.8, 4) is 0 Å². The van der Waals surface area contributed by atoms with E-state index in [4.69, 9.17) is 9.73 Å². The molecule has 1 aromatic rings. The summed E-state index contributed by atoms with van der Waals surface area (Å²) in [7, 11) is 0. The van der Waals surface area contributed by atoms with Crippen LogP contribution in [0.3, 0.4) is 0 Å². The zero-order valence-corrected chi connectivity index (χ0v) is 11.3. The molecule has 0 radical (unpaired) electrons. The fourth-order valence-electron chi connectivity index (χ4n) is 2.38. The van der Waals surface area contributed by atoms with Gasteiger partial charge in [-0.2, -0.15) is 0 Å². The summed E-state index contributed by atoms with van der Waals surface area (Å²) >= 11 is 1.82. The van der Waals surface area contributed by atoms with E-state index in [1.807, 2.05) is 17.8 Å². The lowest BCUT2D eigenvalue weighted by Gasteiger charge is -2.16. The molecule has 0 saturated carbocycles.